The van der Waals surface area contributed by atoms with E-state index in [1.54, 1.807) is 11.3 Å². The Kier molecular flexibility index (Phi) is 6.22. The molecule has 0 aliphatic carbocycles. The molecular weight excluding hydrogens is 328 g/mol. The Morgan fingerprint density at radius 3 is 2.48 bits per heavy atom. The van der Waals surface area contributed by atoms with Crippen LogP contribution in [0.25, 0.3) is 0 Å². The SMILES string of the molecule is CC(C)(C)C(NCC(=O)NCc1ccc(Cl)cc1)c1cccs1. The van der Waals surface area contributed by atoms with Gasteiger partial charge in [0.25, 0.3) is 0 Å². The summed E-state index contributed by atoms with van der Waals surface area (Å²) < 4.78 is 0. The zero-order valence-corrected chi connectivity index (χ0v) is 15.3. The van der Waals surface area contributed by atoms with Gasteiger partial charge >= 0.3 is 0 Å². The van der Waals surface area contributed by atoms with Gasteiger partial charge in [-0.1, -0.05) is 50.6 Å². The lowest BCUT2D eigenvalue weighted by Crippen LogP contribution is -2.39. The molecule has 0 aliphatic rings. The second-order valence-corrected chi connectivity index (χ2v) is 8.01. The Balaban J connectivity index is 1.85. The number of amides is 1. The number of thiophene rings is 1. The van der Waals surface area contributed by atoms with Crippen molar-refractivity contribution in [1.82, 2.24) is 10.6 Å². The van der Waals surface area contributed by atoms with Gasteiger partial charge in [-0.3, -0.25) is 4.79 Å². The van der Waals surface area contributed by atoms with E-state index in [1.807, 2.05) is 30.3 Å². The maximum absolute atomic E-state index is 12.1. The summed E-state index contributed by atoms with van der Waals surface area (Å²) >= 11 is 7.57. The molecule has 2 N–H and O–H groups in total. The van der Waals surface area contributed by atoms with Crippen molar-refractivity contribution in [2.75, 3.05) is 6.54 Å². The molecule has 2 rings (SSSR count). The van der Waals surface area contributed by atoms with E-state index in [0.717, 1.165) is 5.56 Å². The quantitative estimate of drug-likeness (QED) is 0.811. The van der Waals surface area contributed by atoms with E-state index < -0.39 is 0 Å². The molecule has 1 unspecified atom stereocenters. The average Bonchev–Trinajstić information content (AvgIpc) is 2.99. The van der Waals surface area contributed by atoms with Crippen LogP contribution in [0.15, 0.2) is 41.8 Å². The fourth-order valence-electron chi connectivity index (χ4n) is 2.35. The number of carbonyl (C=O) groups is 1. The molecule has 3 nitrogen and oxygen atoms in total. The maximum atomic E-state index is 12.1. The minimum absolute atomic E-state index is 0.00856. The third kappa shape index (κ3) is 5.65. The monoisotopic (exact) mass is 350 g/mol. The van der Waals surface area contributed by atoms with Crippen molar-refractivity contribution in [2.24, 2.45) is 5.41 Å². The van der Waals surface area contributed by atoms with Gasteiger partial charge in [0.05, 0.1) is 6.54 Å². The van der Waals surface area contributed by atoms with E-state index >= 15 is 0 Å². The number of carbonyl (C=O) groups excluding carboxylic acids is 1. The van der Waals surface area contributed by atoms with Crippen LogP contribution in [0.3, 0.4) is 0 Å². The molecule has 5 heteroatoms. The van der Waals surface area contributed by atoms with E-state index in [2.05, 4.69) is 42.9 Å². The number of hydrogen-bond acceptors (Lipinski definition) is 3. The van der Waals surface area contributed by atoms with E-state index in [-0.39, 0.29) is 17.4 Å². The minimum Gasteiger partial charge on any atom is -0.351 e. The molecule has 0 fully saturated rings. The van der Waals surface area contributed by atoms with Crippen LogP contribution < -0.4 is 10.6 Å². The van der Waals surface area contributed by atoms with Crippen molar-refractivity contribution >= 4 is 28.8 Å². The molecule has 0 spiro atoms. The molecule has 1 aromatic carbocycles. The lowest BCUT2D eigenvalue weighted by Gasteiger charge is -2.30. The summed E-state index contributed by atoms with van der Waals surface area (Å²) in [4.78, 5) is 13.3. The van der Waals surface area contributed by atoms with Crippen LogP contribution in [0, 0.1) is 5.41 Å². The van der Waals surface area contributed by atoms with Crippen molar-refractivity contribution in [3.05, 3.63) is 57.2 Å². The second kappa shape index (κ2) is 7.95. The first-order valence-electron chi connectivity index (χ1n) is 7.64. The second-order valence-electron chi connectivity index (χ2n) is 6.60. The summed E-state index contributed by atoms with van der Waals surface area (Å²) in [6, 6.07) is 11.8. The highest BCUT2D eigenvalue weighted by atomic mass is 35.5. The van der Waals surface area contributed by atoms with Gasteiger partial charge in [-0.15, -0.1) is 11.3 Å². The Morgan fingerprint density at radius 1 is 1.22 bits per heavy atom. The van der Waals surface area contributed by atoms with Crippen molar-refractivity contribution in [3.8, 4) is 0 Å². The normalized spacial score (nSPS) is 12.9. The Hall–Kier alpha value is -1.36. The molecule has 0 saturated carbocycles. The predicted molar refractivity (Wildman–Crippen MR) is 97.8 cm³/mol. The van der Waals surface area contributed by atoms with Crippen LogP contribution in [0.5, 0.6) is 0 Å². The van der Waals surface area contributed by atoms with Gasteiger partial charge < -0.3 is 10.6 Å². The van der Waals surface area contributed by atoms with E-state index in [1.165, 1.54) is 4.88 Å². The molecule has 0 radical (unpaired) electrons. The molecule has 0 saturated heterocycles. The standard InChI is InChI=1S/C18H23ClN2OS/c1-18(2,3)17(15-5-4-10-23-15)21-12-16(22)20-11-13-6-8-14(19)9-7-13/h4-10,17,21H,11-12H2,1-3H3,(H,20,22). The van der Waals surface area contributed by atoms with Crippen molar-refractivity contribution < 1.29 is 4.79 Å². The average molecular weight is 351 g/mol. The smallest absolute Gasteiger partial charge is 0.234 e. The third-order valence-electron chi connectivity index (χ3n) is 3.56. The lowest BCUT2D eigenvalue weighted by molar-refractivity contribution is -0.120. The van der Waals surface area contributed by atoms with Crippen LogP contribution in [0.1, 0.15) is 37.3 Å². The number of hydrogen-bond donors (Lipinski definition) is 2. The van der Waals surface area contributed by atoms with Crippen LogP contribution >= 0.6 is 22.9 Å². The van der Waals surface area contributed by atoms with Gasteiger partial charge in [-0.25, -0.2) is 0 Å². The van der Waals surface area contributed by atoms with E-state index in [0.29, 0.717) is 18.1 Å². The molecule has 1 aromatic heterocycles. The number of benzene rings is 1. The summed E-state index contributed by atoms with van der Waals surface area (Å²) in [5, 5.41) is 9.08. The molecule has 1 amide bonds. The molecule has 0 bridgehead atoms. The summed E-state index contributed by atoms with van der Waals surface area (Å²) in [5.74, 6) is -0.00856. The Bertz CT molecular complexity index is 617. The minimum atomic E-state index is -0.00856. The van der Waals surface area contributed by atoms with Gasteiger partial charge in [0.1, 0.15) is 0 Å². The zero-order chi connectivity index (χ0) is 16.9. The highest BCUT2D eigenvalue weighted by molar-refractivity contribution is 7.10. The van der Waals surface area contributed by atoms with Crippen molar-refractivity contribution in [3.63, 3.8) is 0 Å². The maximum Gasteiger partial charge on any atom is 0.234 e. The molecule has 0 aliphatic heterocycles. The van der Waals surface area contributed by atoms with Crippen LogP contribution in [0.4, 0.5) is 0 Å². The van der Waals surface area contributed by atoms with Crippen molar-refractivity contribution in [1.29, 1.82) is 0 Å². The molecule has 23 heavy (non-hydrogen) atoms. The fraction of sp³-hybridized carbons (Fsp3) is 0.389. The predicted octanol–water partition coefficient (Wildman–Crippen LogP) is 4.39. The van der Waals surface area contributed by atoms with Crippen molar-refractivity contribution in [2.45, 2.75) is 33.4 Å². The largest absolute Gasteiger partial charge is 0.351 e. The third-order valence-corrected chi connectivity index (χ3v) is 4.75. The first kappa shape index (κ1) is 18.0. The summed E-state index contributed by atoms with van der Waals surface area (Å²) in [7, 11) is 0. The molecule has 1 heterocycles. The number of rotatable bonds is 6. The zero-order valence-electron chi connectivity index (χ0n) is 13.7. The summed E-state index contributed by atoms with van der Waals surface area (Å²) in [5.41, 5.74) is 1.08. The van der Waals surface area contributed by atoms with Crippen LogP contribution in [0.2, 0.25) is 5.02 Å². The van der Waals surface area contributed by atoms with Gasteiger partial charge in [0.15, 0.2) is 0 Å². The fourth-order valence-corrected chi connectivity index (χ4v) is 3.52. The van der Waals surface area contributed by atoms with Crippen LogP contribution in [-0.2, 0) is 11.3 Å². The molecule has 1 atom stereocenters. The van der Waals surface area contributed by atoms with Gasteiger partial charge in [-0.05, 0) is 34.6 Å². The Labute approximate surface area is 147 Å². The topological polar surface area (TPSA) is 41.1 Å². The first-order valence-corrected chi connectivity index (χ1v) is 8.90. The molecule has 124 valence electrons. The van der Waals surface area contributed by atoms with E-state index in [4.69, 9.17) is 11.6 Å². The Morgan fingerprint density at radius 2 is 1.91 bits per heavy atom. The summed E-state index contributed by atoms with van der Waals surface area (Å²) in [6.07, 6.45) is 0. The van der Waals surface area contributed by atoms with Gasteiger partial charge in [0.2, 0.25) is 5.91 Å². The molecule has 2 aromatic rings. The molecular formula is C18H23ClN2OS. The van der Waals surface area contributed by atoms with Gasteiger partial charge in [0, 0.05) is 22.5 Å². The van der Waals surface area contributed by atoms with Gasteiger partial charge in [-0.2, -0.15) is 0 Å². The summed E-state index contributed by atoms with van der Waals surface area (Å²) in [6.45, 7) is 7.34. The lowest BCUT2D eigenvalue weighted by atomic mass is 9.86. The number of nitrogens with one attached hydrogen (secondary N) is 2. The highest BCUT2D eigenvalue weighted by Crippen LogP contribution is 2.34. The highest BCUT2D eigenvalue weighted by Gasteiger charge is 2.27. The van der Waals surface area contributed by atoms with E-state index in [9.17, 15) is 4.79 Å². The van der Waals surface area contributed by atoms with Crippen LogP contribution in [-0.4, -0.2) is 12.5 Å². The first-order chi connectivity index (χ1) is 10.9. The number of halogens is 1.